The molecule has 0 spiro atoms. The van der Waals surface area contributed by atoms with Gasteiger partial charge in [-0.25, -0.2) is 4.39 Å². The second-order valence-corrected chi connectivity index (χ2v) is 4.47. The van der Waals surface area contributed by atoms with Crippen molar-refractivity contribution in [3.63, 3.8) is 0 Å². The van der Waals surface area contributed by atoms with Crippen LogP contribution in [0.3, 0.4) is 0 Å². The molecule has 0 fully saturated rings. The monoisotopic (exact) mass is 247 g/mol. The quantitative estimate of drug-likeness (QED) is 0.864. The molecule has 2 aromatic rings. The number of aromatic nitrogens is 2. The molecule has 4 heteroatoms. The maximum atomic E-state index is 12.9. The molecular formula is C14H18FN3. The van der Waals surface area contributed by atoms with E-state index in [1.165, 1.54) is 12.1 Å². The summed E-state index contributed by atoms with van der Waals surface area (Å²) < 4.78 is 12.9. The third-order valence-corrected chi connectivity index (χ3v) is 3.13. The molecule has 0 bridgehead atoms. The van der Waals surface area contributed by atoms with E-state index in [1.807, 2.05) is 26.0 Å². The number of aromatic amines is 1. The van der Waals surface area contributed by atoms with Crippen molar-refractivity contribution in [3.8, 4) is 0 Å². The molecule has 0 aliphatic carbocycles. The van der Waals surface area contributed by atoms with E-state index in [9.17, 15) is 4.39 Å². The fourth-order valence-corrected chi connectivity index (χ4v) is 2.05. The average molecular weight is 247 g/mol. The largest absolute Gasteiger partial charge is 0.375 e. The first kappa shape index (κ1) is 12.6. The standard InChI is InChI=1S/C14H18FN3/c1-4-13(11-5-7-12(15)8-6-11)16-14-9(2)17-18-10(14)3/h5-8,13,16H,4H2,1-3H3,(H,17,18). The van der Waals surface area contributed by atoms with E-state index in [2.05, 4.69) is 22.4 Å². The van der Waals surface area contributed by atoms with Crippen molar-refractivity contribution < 1.29 is 4.39 Å². The Morgan fingerprint density at radius 3 is 2.44 bits per heavy atom. The van der Waals surface area contributed by atoms with Gasteiger partial charge in [-0.2, -0.15) is 5.10 Å². The number of H-pyrrole nitrogens is 1. The second-order valence-electron chi connectivity index (χ2n) is 4.47. The predicted octanol–water partition coefficient (Wildman–Crippen LogP) is 3.73. The minimum Gasteiger partial charge on any atom is -0.375 e. The summed E-state index contributed by atoms with van der Waals surface area (Å²) in [7, 11) is 0. The number of halogens is 1. The summed E-state index contributed by atoms with van der Waals surface area (Å²) in [6, 6.07) is 6.80. The number of benzene rings is 1. The van der Waals surface area contributed by atoms with Gasteiger partial charge in [0.05, 0.1) is 23.1 Å². The Hall–Kier alpha value is -1.84. The van der Waals surface area contributed by atoms with Crippen LogP contribution in [-0.4, -0.2) is 10.2 Å². The lowest BCUT2D eigenvalue weighted by molar-refractivity contribution is 0.625. The Morgan fingerprint density at radius 2 is 1.94 bits per heavy atom. The first-order valence-electron chi connectivity index (χ1n) is 6.15. The van der Waals surface area contributed by atoms with Gasteiger partial charge in [-0.3, -0.25) is 5.10 Å². The van der Waals surface area contributed by atoms with Crippen LogP contribution in [-0.2, 0) is 0 Å². The Morgan fingerprint density at radius 1 is 1.28 bits per heavy atom. The van der Waals surface area contributed by atoms with Gasteiger partial charge in [-0.05, 0) is 38.0 Å². The highest BCUT2D eigenvalue weighted by molar-refractivity contribution is 5.53. The lowest BCUT2D eigenvalue weighted by atomic mass is 10.0. The Kier molecular flexibility index (Phi) is 3.65. The fourth-order valence-electron chi connectivity index (χ4n) is 2.05. The lowest BCUT2D eigenvalue weighted by Crippen LogP contribution is -2.10. The van der Waals surface area contributed by atoms with E-state index >= 15 is 0 Å². The summed E-state index contributed by atoms with van der Waals surface area (Å²) >= 11 is 0. The maximum absolute atomic E-state index is 12.9. The Labute approximate surface area is 106 Å². The smallest absolute Gasteiger partial charge is 0.123 e. The van der Waals surface area contributed by atoms with Gasteiger partial charge in [-0.15, -0.1) is 0 Å². The average Bonchev–Trinajstić information content (AvgIpc) is 2.68. The highest BCUT2D eigenvalue weighted by atomic mass is 19.1. The molecule has 96 valence electrons. The molecule has 3 nitrogen and oxygen atoms in total. The van der Waals surface area contributed by atoms with Gasteiger partial charge in [-0.1, -0.05) is 19.1 Å². The predicted molar refractivity (Wildman–Crippen MR) is 71.1 cm³/mol. The number of nitrogens with one attached hydrogen (secondary N) is 2. The maximum Gasteiger partial charge on any atom is 0.123 e. The second kappa shape index (κ2) is 5.21. The van der Waals surface area contributed by atoms with Crippen molar-refractivity contribution in [3.05, 3.63) is 47.0 Å². The summed E-state index contributed by atoms with van der Waals surface area (Å²) in [5.41, 5.74) is 4.09. The molecule has 0 saturated heterocycles. The molecule has 1 atom stereocenters. The van der Waals surface area contributed by atoms with Crippen LogP contribution in [0.1, 0.15) is 36.3 Å². The van der Waals surface area contributed by atoms with Gasteiger partial charge in [0.15, 0.2) is 0 Å². The van der Waals surface area contributed by atoms with E-state index in [4.69, 9.17) is 0 Å². The molecule has 1 aromatic carbocycles. The first-order valence-corrected chi connectivity index (χ1v) is 6.15. The molecular weight excluding hydrogens is 229 g/mol. The topological polar surface area (TPSA) is 40.7 Å². The van der Waals surface area contributed by atoms with Crippen LogP contribution in [0.15, 0.2) is 24.3 Å². The molecule has 0 saturated carbocycles. The van der Waals surface area contributed by atoms with E-state index in [0.29, 0.717) is 0 Å². The van der Waals surface area contributed by atoms with Crippen LogP contribution in [0.25, 0.3) is 0 Å². The van der Waals surface area contributed by atoms with Gasteiger partial charge < -0.3 is 5.32 Å². The van der Waals surface area contributed by atoms with Crippen LogP contribution >= 0.6 is 0 Å². The summed E-state index contributed by atoms with van der Waals surface area (Å²) in [5.74, 6) is -0.204. The van der Waals surface area contributed by atoms with Gasteiger partial charge in [0.1, 0.15) is 5.82 Å². The molecule has 2 rings (SSSR count). The number of hydrogen-bond donors (Lipinski definition) is 2. The molecule has 0 amide bonds. The van der Waals surface area contributed by atoms with E-state index in [1.54, 1.807) is 0 Å². The highest BCUT2D eigenvalue weighted by Gasteiger charge is 2.13. The van der Waals surface area contributed by atoms with E-state index in [-0.39, 0.29) is 11.9 Å². The summed E-state index contributed by atoms with van der Waals surface area (Å²) in [5, 5.41) is 10.6. The van der Waals surface area contributed by atoms with Crippen LogP contribution in [0, 0.1) is 19.7 Å². The summed E-state index contributed by atoms with van der Waals surface area (Å²) in [6.45, 7) is 6.05. The summed E-state index contributed by atoms with van der Waals surface area (Å²) in [6.07, 6.45) is 0.926. The first-order chi connectivity index (χ1) is 8.61. The number of rotatable bonds is 4. The third-order valence-electron chi connectivity index (χ3n) is 3.13. The van der Waals surface area contributed by atoms with Crippen LogP contribution in [0.2, 0.25) is 0 Å². The number of anilines is 1. The van der Waals surface area contributed by atoms with Crippen molar-refractivity contribution >= 4 is 5.69 Å². The van der Waals surface area contributed by atoms with Gasteiger partial charge in [0, 0.05) is 0 Å². The minimum absolute atomic E-state index is 0.167. The van der Waals surface area contributed by atoms with Crippen molar-refractivity contribution in [2.45, 2.75) is 33.2 Å². The van der Waals surface area contributed by atoms with Crippen LogP contribution < -0.4 is 5.32 Å². The van der Waals surface area contributed by atoms with Gasteiger partial charge >= 0.3 is 0 Å². The van der Waals surface area contributed by atoms with Crippen LogP contribution in [0.4, 0.5) is 10.1 Å². The zero-order chi connectivity index (χ0) is 13.1. The molecule has 1 aromatic heterocycles. The van der Waals surface area contributed by atoms with Gasteiger partial charge in [0.25, 0.3) is 0 Å². The summed E-state index contributed by atoms with van der Waals surface area (Å²) in [4.78, 5) is 0. The van der Waals surface area contributed by atoms with Crippen LogP contribution in [0.5, 0.6) is 0 Å². The van der Waals surface area contributed by atoms with Crippen molar-refractivity contribution in [1.29, 1.82) is 0 Å². The normalized spacial score (nSPS) is 12.4. The van der Waals surface area contributed by atoms with Crippen molar-refractivity contribution in [2.75, 3.05) is 5.32 Å². The number of aryl methyl sites for hydroxylation is 2. The van der Waals surface area contributed by atoms with Crippen molar-refractivity contribution in [2.24, 2.45) is 0 Å². The van der Waals surface area contributed by atoms with Crippen molar-refractivity contribution in [1.82, 2.24) is 10.2 Å². The molecule has 2 N–H and O–H groups in total. The third kappa shape index (κ3) is 2.53. The number of nitrogens with zero attached hydrogens (tertiary/aromatic N) is 1. The molecule has 1 unspecified atom stereocenters. The van der Waals surface area contributed by atoms with E-state index < -0.39 is 0 Å². The number of hydrogen-bond acceptors (Lipinski definition) is 2. The molecule has 0 aliphatic rings. The lowest BCUT2D eigenvalue weighted by Gasteiger charge is -2.19. The van der Waals surface area contributed by atoms with Gasteiger partial charge in [0.2, 0.25) is 0 Å². The van der Waals surface area contributed by atoms with E-state index in [0.717, 1.165) is 29.1 Å². The molecule has 1 heterocycles. The molecule has 0 aliphatic heterocycles. The Bertz CT molecular complexity index is 497. The zero-order valence-corrected chi connectivity index (χ0v) is 10.9. The Balaban J connectivity index is 2.22. The SMILES string of the molecule is CCC(Nc1c(C)n[nH]c1C)c1ccc(F)cc1. The zero-order valence-electron chi connectivity index (χ0n) is 10.9. The molecule has 0 radical (unpaired) electrons. The highest BCUT2D eigenvalue weighted by Crippen LogP contribution is 2.26. The molecule has 18 heavy (non-hydrogen) atoms. The fraction of sp³-hybridized carbons (Fsp3) is 0.357. The minimum atomic E-state index is -0.204.